The maximum Gasteiger partial charge on any atom is 0.294 e. The second-order valence-corrected chi connectivity index (χ2v) is 5.47. The average Bonchev–Trinajstić information content (AvgIpc) is 2.33. The lowest BCUT2D eigenvalue weighted by Gasteiger charge is -1.99. The molecule has 0 aliphatic heterocycles. The molecule has 0 aliphatic rings. The van der Waals surface area contributed by atoms with Crippen LogP contribution in [0.1, 0.15) is 11.1 Å². The summed E-state index contributed by atoms with van der Waals surface area (Å²) in [7, 11) is -4.03. The first kappa shape index (κ1) is 15.2. The van der Waals surface area contributed by atoms with E-state index in [1.165, 1.54) is 11.6 Å². The lowest BCUT2D eigenvalue weighted by atomic mass is 10.2. The van der Waals surface area contributed by atoms with E-state index >= 15 is 0 Å². The van der Waals surface area contributed by atoms with Crippen LogP contribution in [0.3, 0.4) is 0 Å². The fourth-order valence-corrected chi connectivity index (χ4v) is 2.12. The smallest absolute Gasteiger partial charge is 0.294 e. The molecule has 0 saturated heterocycles. The Morgan fingerprint density at radius 1 is 0.895 bits per heavy atom. The number of phenols is 1. The Morgan fingerprint density at radius 2 is 1.42 bits per heavy atom. The molecule has 4 nitrogen and oxygen atoms in total. The summed E-state index contributed by atoms with van der Waals surface area (Å²) < 4.78 is 29.9. The maximum absolute atomic E-state index is 10.6. The molecule has 0 fully saturated rings. The van der Waals surface area contributed by atoms with Gasteiger partial charge in [-0.15, -0.1) is 0 Å². The third kappa shape index (κ3) is 5.11. The summed E-state index contributed by atoms with van der Waals surface area (Å²) in [5.41, 5.74) is 1.72. The molecule has 0 bridgehead atoms. The van der Waals surface area contributed by atoms with Gasteiger partial charge in [0.2, 0.25) is 0 Å². The van der Waals surface area contributed by atoms with Gasteiger partial charge in [-0.25, -0.2) is 0 Å². The summed E-state index contributed by atoms with van der Waals surface area (Å²) in [5.74, 6) is 0.329. The molecule has 0 heterocycles. The van der Waals surface area contributed by atoms with Crippen LogP contribution in [0, 0.1) is 13.8 Å². The molecule has 0 spiro atoms. The quantitative estimate of drug-likeness (QED) is 0.788. The molecule has 0 saturated carbocycles. The zero-order valence-electron chi connectivity index (χ0n) is 10.7. The van der Waals surface area contributed by atoms with Crippen molar-refractivity contribution in [2.24, 2.45) is 0 Å². The molecule has 0 aliphatic carbocycles. The van der Waals surface area contributed by atoms with Gasteiger partial charge in [0.1, 0.15) is 5.75 Å². The molecule has 19 heavy (non-hydrogen) atoms. The topological polar surface area (TPSA) is 74.6 Å². The first-order chi connectivity index (χ1) is 8.80. The Morgan fingerprint density at radius 3 is 1.79 bits per heavy atom. The van der Waals surface area contributed by atoms with E-state index in [-0.39, 0.29) is 4.90 Å². The van der Waals surface area contributed by atoms with Gasteiger partial charge in [0.05, 0.1) is 4.90 Å². The standard InChI is InChI=1S/C7H8O3S.C7H8O/c1-6-4-2-3-5-7(6)11(8,9)10;1-6-2-4-7(8)5-3-6/h2-5H,1H3,(H,8,9,10);2-5,8H,1H3. The zero-order valence-corrected chi connectivity index (χ0v) is 11.6. The first-order valence-electron chi connectivity index (χ1n) is 5.59. The summed E-state index contributed by atoms with van der Waals surface area (Å²) in [4.78, 5) is -0.0278. The van der Waals surface area contributed by atoms with Crippen LogP contribution in [-0.2, 0) is 10.1 Å². The largest absolute Gasteiger partial charge is 0.508 e. The predicted molar refractivity (Wildman–Crippen MR) is 73.8 cm³/mol. The van der Waals surface area contributed by atoms with Crippen LogP contribution >= 0.6 is 0 Å². The highest BCUT2D eigenvalue weighted by molar-refractivity contribution is 7.85. The van der Waals surface area contributed by atoms with Crippen LogP contribution in [0.4, 0.5) is 0 Å². The van der Waals surface area contributed by atoms with Gasteiger partial charge >= 0.3 is 0 Å². The van der Waals surface area contributed by atoms with E-state index < -0.39 is 10.1 Å². The van der Waals surface area contributed by atoms with Crippen LogP contribution in [0.2, 0.25) is 0 Å². The molecule has 2 aromatic rings. The van der Waals surface area contributed by atoms with Gasteiger partial charge in [0.15, 0.2) is 0 Å². The molecule has 0 aromatic heterocycles. The molecule has 0 unspecified atom stereocenters. The minimum Gasteiger partial charge on any atom is -0.508 e. The molecular formula is C14H16O4S. The van der Waals surface area contributed by atoms with Crippen molar-refractivity contribution < 1.29 is 18.1 Å². The Labute approximate surface area is 113 Å². The Hall–Kier alpha value is -1.85. The van der Waals surface area contributed by atoms with Crippen molar-refractivity contribution >= 4 is 10.1 Å². The van der Waals surface area contributed by atoms with Crippen LogP contribution in [0.25, 0.3) is 0 Å². The third-order valence-corrected chi connectivity index (χ3v) is 3.42. The minimum atomic E-state index is -4.03. The second kappa shape index (κ2) is 6.36. The van der Waals surface area contributed by atoms with Gasteiger partial charge < -0.3 is 5.11 Å². The van der Waals surface area contributed by atoms with E-state index in [9.17, 15) is 8.42 Å². The average molecular weight is 280 g/mol. The van der Waals surface area contributed by atoms with Gasteiger partial charge in [-0.2, -0.15) is 8.42 Å². The normalized spacial score (nSPS) is 10.5. The summed E-state index contributed by atoms with van der Waals surface area (Å²) in [5, 5.41) is 8.76. The second-order valence-electron chi connectivity index (χ2n) is 4.08. The number of phenolic OH excluding ortho intramolecular Hbond substituents is 1. The molecule has 0 amide bonds. The van der Waals surface area contributed by atoms with E-state index in [1.807, 2.05) is 19.1 Å². The molecule has 102 valence electrons. The van der Waals surface area contributed by atoms with Crippen molar-refractivity contribution in [2.75, 3.05) is 0 Å². The third-order valence-electron chi connectivity index (χ3n) is 2.41. The van der Waals surface area contributed by atoms with Gasteiger partial charge in [0.25, 0.3) is 10.1 Å². The van der Waals surface area contributed by atoms with Gasteiger partial charge in [-0.1, -0.05) is 35.9 Å². The summed E-state index contributed by atoms with van der Waals surface area (Å²) in [6.07, 6.45) is 0. The zero-order chi connectivity index (χ0) is 14.5. The van der Waals surface area contributed by atoms with Crippen molar-refractivity contribution in [3.05, 3.63) is 59.7 Å². The summed E-state index contributed by atoms with van der Waals surface area (Å²) in [6.45, 7) is 3.61. The van der Waals surface area contributed by atoms with Gasteiger partial charge in [0, 0.05) is 0 Å². The van der Waals surface area contributed by atoms with E-state index in [0.717, 1.165) is 0 Å². The Kier molecular flexibility index (Phi) is 5.09. The monoisotopic (exact) mass is 280 g/mol. The van der Waals surface area contributed by atoms with E-state index in [4.69, 9.17) is 9.66 Å². The van der Waals surface area contributed by atoms with Crippen molar-refractivity contribution in [3.63, 3.8) is 0 Å². The van der Waals surface area contributed by atoms with Crippen molar-refractivity contribution in [1.82, 2.24) is 0 Å². The predicted octanol–water partition coefficient (Wildman–Crippen LogP) is 2.94. The lowest BCUT2D eigenvalue weighted by molar-refractivity contribution is 0.475. The van der Waals surface area contributed by atoms with Crippen LogP contribution < -0.4 is 0 Å². The molecule has 0 atom stereocenters. The maximum atomic E-state index is 10.6. The number of aromatic hydroxyl groups is 1. The van der Waals surface area contributed by atoms with Gasteiger partial charge in [-0.3, -0.25) is 4.55 Å². The number of benzene rings is 2. The van der Waals surface area contributed by atoms with Crippen LogP contribution in [0.15, 0.2) is 53.4 Å². The Bertz CT molecular complexity index is 610. The minimum absolute atomic E-state index is 0.0278. The first-order valence-corrected chi connectivity index (χ1v) is 7.03. The van der Waals surface area contributed by atoms with Crippen LogP contribution in [-0.4, -0.2) is 18.1 Å². The number of aryl methyl sites for hydroxylation is 2. The Balaban J connectivity index is 0.000000200. The van der Waals surface area contributed by atoms with Gasteiger partial charge in [-0.05, 0) is 37.6 Å². The van der Waals surface area contributed by atoms with Crippen molar-refractivity contribution in [3.8, 4) is 5.75 Å². The molecule has 5 heteroatoms. The molecule has 2 rings (SSSR count). The fourth-order valence-electron chi connectivity index (χ4n) is 1.39. The highest BCUT2D eigenvalue weighted by Gasteiger charge is 2.10. The number of hydrogen-bond donors (Lipinski definition) is 2. The summed E-state index contributed by atoms with van der Waals surface area (Å²) >= 11 is 0. The van der Waals surface area contributed by atoms with Crippen molar-refractivity contribution in [1.29, 1.82) is 0 Å². The highest BCUT2D eigenvalue weighted by atomic mass is 32.2. The SMILES string of the molecule is Cc1ccc(O)cc1.Cc1ccccc1S(=O)(=O)O. The molecular weight excluding hydrogens is 264 g/mol. The number of rotatable bonds is 1. The van der Waals surface area contributed by atoms with E-state index in [0.29, 0.717) is 11.3 Å². The summed E-state index contributed by atoms with van der Waals surface area (Å²) in [6, 6.07) is 13.4. The number of hydrogen-bond acceptors (Lipinski definition) is 3. The molecule has 2 N–H and O–H groups in total. The van der Waals surface area contributed by atoms with Crippen LogP contribution in [0.5, 0.6) is 5.75 Å². The molecule has 0 radical (unpaired) electrons. The lowest BCUT2D eigenvalue weighted by Crippen LogP contribution is -1.99. The van der Waals surface area contributed by atoms with E-state index in [1.54, 1.807) is 37.3 Å². The molecule has 2 aromatic carbocycles. The highest BCUT2D eigenvalue weighted by Crippen LogP contribution is 2.12. The van der Waals surface area contributed by atoms with E-state index in [2.05, 4.69) is 0 Å². The fraction of sp³-hybridized carbons (Fsp3) is 0.143. The van der Waals surface area contributed by atoms with Crippen molar-refractivity contribution in [2.45, 2.75) is 18.7 Å².